The van der Waals surface area contributed by atoms with Crippen molar-refractivity contribution in [2.45, 2.75) is 245 Å². The lowest BCUT2D eigenvalue weighted by atomic mass is 10.1. The standard InChI is InChI=1S/C60H107N2O7P/c1-7-10-13-16-19-22-25-28-29-30-31-32-33-35-37-40-43-46-49-52-59(63)61-57(56-68-70(65,66)67-55-54-62(4,5)6)58(51-48-45-42-39-36-27-24-21-18-15-12-9-3)69-60(64)53-50-47-44-41-38-34-26-23-20-17-14-11-8-2/h19,22,28-29,31-32,34-35,37-38,44,47-48,51,57-58H,7-18,20-21,23-27,30,33,36,39-43,45-46,49-50,52-56H2,1-6H3,(H-,61,63,65,66)/p+1/b22-19-,29-28-,32-31-,37-35-,38-34-,47-44+,51-48-. The molecule has 404 valence electrons. The Bertz CT molecular complexity index is 1480. The van der Waals surface area contributed by atoms with E-state index in [9.17, 15) is 19.0 Å². The Morgan fingerprint density at radius 2 is 0.886 bits per heavy atom. The number of esters is 1. The van der Waals surface area contributed by atoms with E-state index in [0.29, 0.717) is 23.9 Å². The molecule has 0 fully saturated rings. The fourth-order valence-electron chi connectivity index (χ4n) is 7.62. The number of hydrogen-bond acceptors (Lipinski definition) is 6. The van der Waals surface area contributed by atoms with Crippen molar-refractivity contribution >= 4 is 19.7 Å². The van der Waals surface area contributed by atoms with Crippen LogP contribution in [0.15, 0.2) is 85.1 Å². The molecule has 0 saturated carbocycles. The van der Waals surface area contributed by atoms with Crippen LogP contribution >= 0.6 is 7.82 Å². The van der Waals surface area contributed by atoms with Gasteiger partial charge in [0, 0.05) is 12.8 Å². The predicted octanol–water partition coefficient (Wildman–Crippen LogP) is 17.0. The minimum absolute atomic E-state index is 0.0228. The first kappa shape index (κ1) is 67.2. The van der Waals surface area contributed by atoms with E-state index in [1.807, 2.05) is 39.4 Å². The van der Waals surface area contributed by atoms with Gasteiger partial charge in [-0.1, -0.05) is 209 Å². The quantitative estimate of drug-likeness (QED) is 0.0205. The maximum Gasteiger partial charge on any atom is 0.472 e. The summed E-state index contributed by atoms with van der Waals surface area (Å²) in [5, 5.41) is 3.01. The molecule has 0 radical (unpaired) electrons. The highest BCUT2D eigenvalue weighted by Crippen LogP contribution is 2.43. The Balaban J connectivity index is 5.47. The molecule has 9 nitrogen and oxygen atoms in total. The van der Waals surface area contributed by atoms with Crippen molar-refractivity contribution in [2.75, 3.05) is 40.9 Å². The molecule has 0 rings (SSSR count). The molecule has 3 unspecified atom stereocenters. The third-order valence-corrected chi connectivity index (χ3v) is 13.1. The molecule has 0 aliphatic rings. The van der Waals surface area contributed by atoms with Gasteiger partial charge < -0.3 is 19.4 Å². The van der Waals surface area contributed by atoms with Crippen molar-refractivity contribution < 1.29 is 37.3 Å². The number of likely N-dealkylation sites (N-methyl/N-ethyl adjacent to an activating group) is 1. The highest BCUT2D eigenvalue weighted by molar-refractivity contribution is 7.47. The summed E-state index contributed by atoms with van der Waals surface area (Å²) in [6.45, 7) is 6.89. The van der Waals surface area contributed by atoms with Crippen LogP contribution in [0.5, 0.6) is 0 Å². The molecule has 0 aliphatic carbocycles. The number of nitrogens with one attached hydrogen (secondary N) is 1. The normalized spacial score (nSPS) is 14.4. The number of phosphoric acid groups is 1. The van der Waals surface area contributed by atoms with Crippen LogP contribution in [-0.2, 0) is 27.9 Å². The number of quaternary nitrogens is 1. The maximum absolute atomic E-state index is 13.5. The zero-order chi connectivity index (χ0) is 51.5. The summed E-state index contributed by atoms with van der Waals surface area (Å²) in [7, 11) is 1.44. The fraction of sp³-hybridized carbons (Fsp3) is 0.733. The first-order chi connectivity index (χ1) is 33.9. The summed E-state index contributed by atoms with van der Waals surface area (Å²) in [6.07, 6.45) is 64.5. The largest absolute Gasteiger partial charge is 0.472 e. The van der Waals surface area contributed by atoms with E-state index in [1.54, 1.807) is 0 Å². The molecule has 0 aromatic rings. The van der Waals surface area contributed by atoms with E-state index in [-0.39, 0.29) is 32.0 Å². The van der Waals surface area contributed by atoms with Gasteiger partial charge in [0.2, 0.25) is 5.91 Å². The summed E-state index contributed by atoms with van der Waals surface area (Å²) < 4.78 is 30.5. The number of carbonyl (C=O) groups excluding carboxylic acids is 2. The first-order valence-corrected chi connectivity index (χ1v) is 29.9. The minimum Gasteiger partial charge on any atom is -0.456 e. The van der Waals surface area contributed by atoms with E-state index >= 15 is 0 Å². The Labute approximate surface area is 431 Å². The van der Waals surface area contributed by atoms with E-state index in [1.165, 1.54) is 116 Å². The smallest absolute Gasteiger partial charge is 0.456 e. The molecule has 0 spiro atoms. The van der Waals surface area contributed by atoms with Crippen LogP contribution in [0.4, 0.5) is 0 Å². The number of amides is 1. The van der Waals surface area contributed by atoms with E-state index in [2.05, 4.69) is 92.9 Å². The first-order valence-electron chi connectivity index (χ1n) is 28.4. The molecule has 2 N–H and O–H groups in total. The van der Waals surface area contributed by atoms with Crippen molar-refractivity contribution in [3.05, 3.63) is 85.1 Å². The maximum atomic E-state index is 13.5. The van der Waals surface area contributed by atoms with Crippen molar-refractivity contribution in [1.29, 1.82) is 0 Å². The molecule has 70 heavy (non-hydrogen) atoms. The second kappa shape index (κ2) is 49.8. The van der Waals surface area contributed by atoms with Gasteiger partial charge in [0.25, 0.3) is 0 Å². The second-order valence-electron chi connectivity index (χ2n) is 20.1. The number of unbranched alkanes of at least 4 members (excludes halogenated alkanes) is 22. The SMILES string of the molecule is CCCCC/C=C\C/C=C\C/C=C\C/C=C\CCCCCC(=O)NC(COP(=O)(O)OCC[N+](C)(C)C)C(/C=C\CCCCCCCCCCCC)OC(=O)CC/C=C/C/C=C\CCCCCCCC. The average molecular weight is 1000 g/mol. The van der Waals surface area contributed by atoms with E-state index in [4.69, 9.17) is 13.8 Å². The van der Waals surface area contributed by atoms with Crippen LogP contribution < -0.4 is 5.32 Å². The van der Waals surface area contributed by atoms with Crippen molar-refractivity contribution in [3.8, 4) is 0 Å². The van der Waals surface area contributed by atoms with Crippen LogP contribution in [-0.4, -0.2) is 74.3 Å². The monoisotopic (exact) mass is 1000 g/mol. The average Bonchev–Trinajstić information content (AvgIpc) is 3.32. The minimum atomic E-state index is -4.47. The van der Waals surface area contributed by atoms with Crippen LogP contribution in [0.2, 0.25) is 0 Å². The molecule has 0 heterocycles. The molecular weight excluding hydrogens is 892 g/mol. The summed E-state index contributed by atoms with van der Waals surface area (Å²) >= 11 is 0. The van der Waals surface area contributed by atoms with Gasteiger partial charge in [0.05, 0.1) is 33.8 Å². The van der Waals surface area contributed by atoms with E-state index in [0.717, 1.165) is 70.6 Å². The molecule has 10 heteroatoms. The number of allylic oxidation sites excluding steroid dienone is 13. The van der Waals surface area contributed by atoms with Gasteiger partial charge >= 0.3 is 13.8 Å². The summed E-state index contributed by atoms with van der Waals surface area (Å²) in [5.74, 6) is -0.624. The van der Waals surface area contributed by atoms with Gasteiger partial charge in [0.15, 0.2) is 0 Å². The third kappa shape index (κ3) is 50.1. The van der Waals surface area contributed by atoms with Crippen LogP contribution in [0.25, 0.3) is 0 Å². The van der Waals surface area contributed by atoms with Gasteiger partial charge in [-0.15, -0.1) is 0 Å². The van der Waals surface area contributed by atoms with Crippen LogP contribution in [0.1, 0.15) is 233 Å². The zero-order valence-corrected chi connectivity index (χ0v) is 46.9. The number of hydrogen-bond donors (Lipinski definition) is 2. The highest BCUT2D eigenvalue weighted by atomic mass is 31.2. The topological polar surface area (TPSA) is 111 Å². The fourth-order valence-corrected chi connectivity index (χ4v) is 8.36. The third-order valence-electron chi connectivity index (χ3n) is 12.1. The summed E-state index contributed by atoms with van der Waals surface area (Å²) in [4.78, 5) is 37.5. The van der Waals surface area contributed by atoms with E-state index < -0.39 is 25.9 Å². The molecule has 0 bridgehead atoms. The zero-order valence-electron chi connectivity index (χ0n) is 46.0. The van der Waals surface area contributed by atoms with Crippen molar-refractivity contribution in [1.82, 2.24) is 5.32 Å². The Morgan fingerprint density at radius 3 is 1.36 bits per heavy atom. The lowest BCUT2D eigenvalue weighted by Gasteiger charge is -2.27. The molecular formula is C60H108N2O7P+. The van der Waals surface area contributed by atoms with Gasteiger partial charge in [-0.3, -0.25) is 18.6 Å². The molecule has 3 atom stereocenters. The molecule has 0 aliphatic heterocycles. The lowest BCUT2D eigenvalue weighted by Crippen LogP contribution is -2.47. The molecule has 0 aromatic carbocycles. The number of ether oxygens (including phenoxy) is 1. The molecule has 0 aromatic heterocycles. The van der Waals surface area contributed by atoms with Gasteiger partial charge in [-0.25, -0.2) is 4.57 Å². The van der Waals surface area contributed by atoms with Crippen molar-refractivity contribution in [2.24, 2.45) is 0 Å². The second-order valence-corrected chi connectivity index (χ2v) is 21.6. The number of nitrogens with zero attached hydrogens (tertiary/aromatic N) is 1. The molecule has 0 saturated heterocycles. The number of rotatable bonds is 50. The summed E-state index contributed by atoms with van der Waals surface area (Å²) in [6, 6.07) is -0.890. The van der Waals surface area contributed by atoms with Gasteiger partial charge in [0.1, 0.15) is 19.3 Å². The molecule has 1 amide bonds. The predicted molar refractivity (Wildman–Crippen MR) is 300 cm³/mol. The lowest BCUT2D eigenvalue weighted by molar-refractivity contribution is -0.870. The Morgan fingerprint density at radius 1 is 0.500 bits per heavy atom. The number of phosphoric ester groups is 1. The van der Waals surface area contributed by atoms with Gasteiger partial charge in [-0.2, -0.15) is 0 Å². The highest BCUT2D eigenvalue weighted by Gasteiger charge is 2.30. The summed E-state index contributed by atoms with van der Waals surface area (Å²) in [5.41, 5.74) is 0. The van der Waals surface area contributed by atoms with Crippen LogP contribution in [0, 0.1) is 0 Å². The number of carbonyl (C=O) groups is 2. The Hall–Kier alpha value is -2.81. The van der Waals surface area contributed by atoms with Gasteiger partial charge in [-0.05, 0) is 96.0 Å². The van der Waals surface area contributed by atoms with Crippen LogP contribution in [0.3, 0.4) is 0 Å². The Kier molecular flexibility index (Phi) is 47.8. The van der Waals surface area contributed by atoms with Crippen molar-refractivity contribution in [3.63, 3.8) is 0 Å².